The van der Waals surface area contributed by atoms with Crippen LogP contribution in [0.3, 0.4) is 0 Å². The number of ether oxygens (including phenoxy) is 1. The first-order chi connectivity index (χ1) is 9.07. The number of anilines is 1. The van der Waals surface area contributed by atoms with Gasteiger partial charge in [0.25, 0.3) is 0 Å². The molecule has 1 aliphatic rings. The maximum absolute atomic E-state index is 6.18. The van der Waals surface area contributed by atoms with E-state index in [-0.39, 0.29) is 5.54 Å². The van der Waals surface area contributed by atoms with Crippen LogP contribution in [0.1, 0.15) is 32.4 Å². The molecule has 2 N–H and O–H groups in total. The zero-order chi connectivity index (χ0) is 13.6. The van der Waals surface area contributed by atoms with Gasteiger partial charge in [-0.25, -0.2) is 4.98 Å². The lowest BCUT2D eigenvalue weighted by atomic mass is 9.92. The Morgan fingerprint density at radius 1 is 1.37 bits per heavy atom. The van der Waals surface area contributed by atoms with Crippen molar-refractivity contribution in [1.29, 1.82) is 0 Å². The lowest BCUT2D eigenvalue weighted by Crippen LogP contribution is -2.37. The van der Waals surface area contributed by atoms with Gasteiger partial charge >= 0.3 is 0 Å². The van der Waals surface area contributed by atoms with Crippen LogP contribution in [0, 0.1) is 0 Å². The highest BCUT2D eigenvalue weighted by Crippen LogP contribution is 2.35. The lowest BCUT2D eigenvalue weighted by molar-refractivity contribution is 0.0316. The molecule has 2 aromatic heterocycles. The third kappa shape index (κ3) is 1.74. The summed E-state index contributed by atoms with van der Waals surface area (Å²) in [4.78, 5) is 4.54. The van der Waals surface area contributed by atoms with E-state index in [9.17, 15) is 0 Å². The fourth-order valence-electron chi connectivity index (χ4n) is 3.00. The van der Waals surface area contributed by atoms with Crippen LogP contribution < -0.4 is 5.73 Å². The summed E-state index contributed by atoms with van der Waals surface area (Å²) in [5.74, 6) is 0.585. The minimum atomic E-state index is -0.0319. The van der Waals surface area contributed by atoms with E-state index in [2.05, 4.69) is 28.5 Å². The Morgan fingerprint density at radius 2 is 2.05 bits per heavy atom. The normalized spacial score (nSPS) is 19.1. The van der Waals surface area contributed by atoms with Crippen molar-refractivity contribution in [2.45, 2.75) is 38.6 Å². The SMILES string of the molecule is CCc1nn(C)c2c1nc(N)n2C1(C)CCOCC1. The van der Waals surface area contributed by atoms with E-state index >= 15 is 0 Å². The molecule has 0 bridgehead atoms. The average molecular weight is 263 g/mol. The monoisotopic (exact) mass is 263 g/mol. The number of aromatic nitrogens is 4. The second-order valence-electron chi connectivity index (χ2n) is 5.51. The van der Waals surface area contributed by atoms with Gasteiger partial charge < -0.3 is 10.5 Å². The van der Waals surface area contributed by atoms with E-state index in [4.69, 9.17) is 10.5 Å². The molecule has 1 fully saturated rings. The largest absolute Gasteiger partial charge is 0.381 e. The van der Waals surface area contributed by atoms with E-state index in [0.717, 1.165) is 49.3 Å². The summed E-state index contributed by atoms with van der Waals surface area (Å²) in [5.41, 5.74) is 9.12. The summed E-state index contributed by atoms with van der Waals surface area (Å²) >= 11 is 0. The molecule has 19 heavy (non-hydrogen) atoms. The van der Waals surface area contributed by atoms with E-state index in [1.54, 1.807) is 0 Å². The molecular weight excluding hydrogens is 242 g/mol. The number of nitrogen functional groups attached to an aromatic ring is 1. The van der Waals surface area contributed by atoms with E-state index in [1.165, 1.54) is 0 Å². The first-order valence-corrected chi connectivity index (χ1v) is 6.85. The van der Waals surface area contributed by atoms with Crippen LogP contribution in [-0.2, 0) is 23.7 Å². The first kappa shape index (κ1) is 12.5. The Bertz CT molecular complexity index is 606. The highest BCUT2D eigenvalue weighted by Gasteiger charge is 2.34. The van der Waals surface area contributed by atoms with Crippen molar-refractivity contribution >= 4 is 17.1 Å². The maximum atomic E-state index is 6.18. The van der Waals surface area contributed by atoms with Gasteiger partial charge in [-0.05, 0) is 26.2 Å². The standard InChI is InChI=1S/C13H21N5O/c1-4-9-10-11(17(3)16-9)18(12(14)15-10)13(2)5-7-19-8-6-13/h4-8H2,1-3H3,(H2,14,15). The molecule has 3 heterocycles. The number of rotatable bonds is 2. The number of hydrogen-bond donors (Lipinski definition) is 1. The summed E-state index contributed by atoms with van der Waals surface area (Å²) in [7, 11) is 1.96. The molecule has 6 heteroatoms. The van der Waals surface area contributed by atoms with Crippen LogP contribution in [0.5, 0.6) is 0 Å². The number of hydrogen-bond acceptors (Lipinski definition) is 4. The maximum Gasteiger partial charge on any atom is 0.203 e. The van der Waals surface area contributed by atoms with Gasteiger partial charge in [-0.15, -0.1) is 0 Å². The quantitative estimate of drug-likeness (QED) is 0.890. The molecule has 0 unspecified atom stereocenters. The average Bonchev–Trinajstić information content (AvgIpc) is 2.87. The van der Waals surface area contributed by atoms with Gasteiger partial charge in [-0.2, -0.15) is 5.10 Å². The van der Waals surface area contributed by atoms with Crippen molar-refractivity contribution in [2.24, 2.45) is 7.05 Å². The molecule has 1 aliphatic heterocycles. The predicted octanol–water partition coefficient (Wildman–Crippen LogP) is 1.44. The van der Waals surface area contributed by atoms with Crippen molar-refractivity contribution in [1.82, 2.24) is 19.3 Å². The predicted molar refractivity (Wildman–Crippen MR) is 74.0 cm³/mol. The Kier molecular flexibility index (Phi) is 2.78. The molecule has 0 saturated carbocycles. The summed E-state index contributed by atoms with van der Waals surface area (Å²) < 4.78 is 9.53. The molecule has 0 atom stereocenters. The summed E-state index contributed by atoms with van der Waals surface area (Å²) in [6.45, 7) is 5.86. The zero-order valence-electron chi connectivity index (χ0n) is 11.8. The minimum absolute atomic E-state index is 0.0319. The first-order valence-electron chi connectivity index (χ1n) is 6.85. The zero-order valence-corrected chi connectivity index (χ0v) is 11.8. The highest BCUT2D eigenvalue weighted by molar-refractivity contribution is 5.78. The third-order valence-corrected chi connectivity index (χ3v) is 4.17. The summed E-state index contributed by atoms with van der Waals surface area (Å²) in [6.07, 6.45) is 2.78. The van der Waals surface area contributed by atoms with E-state index < -0.39 is 0 Å². The molecule has 104 valence electrons. The summed E-state index contributed by atoms with van der Waals surface area (Å²) in [6, 6.07) is 0. The molecule has 0 aliphatic carbocycles. The number of imidazole rings is 1. The second kappa shape index (κ2) is 4.23. The molecule has 1 saturated heterocycles. The molecule has 6 nitrogen and oxygen atoms in total. The second-order valence-corrected chi connectivity index (χ2v) is 5.51. The van der Waals surface area contributed by atoms with Gasteiger partial charge in [0.2, 0.25) is 5.95 Å². The molecule has 0 aromatic carbocycles. The van der Waals surface area contributed by atoms with Crippen molar-refractivity contribution in [2.75, 3.05) is 18.9 Å². The van der Waals surface area contributed by atoms with Crippen LogP contribution in [0.4, 0.5) is 5.95 Å². The van der Waals surface area contributed by atoms with E-state index in [1.807, 2.05) is 11.7 Å². The molecule has 0 amide bonds. The van der Waals surface area contributed by atoms with Gasteiger partial charge in [-0.3, -0.25) is 9.25 Å². The molecule has 0 radical (unpaired) electrons. The smallest absolute Gasteiger partial charge is 0.203 e. The van der Waals surface area contributed by atoms with Gasteiger partial charge in [0.05, 0.1) is 11.2 Å². The fraction of sp³-hybridized carbons (Fsp3) is 0.692. The van der Waals surface area contributed by atoms with Crippen LogP contribution >= 0.6 is 0 Å². The van der Waals surface area contributed by atoms with E-state index in [0.29, 0.717) is 5.95 Å². The van der Waals surface area contributed by atoms with Crippen LogP contribution in [0.2, 0.25) is 0 Å². The molecule has 2 aromatic rings. The lowest BCUT2D eigenvalue weighted by Gasteiger charge is -2.35. The van der Waals surface area contributed by atoms with Crippen LogP contribution in [0.15, 0.2) is 0 Å². The number of aryl methyl sites for hydroxylation is 2. The van der Waals surface area contributed by atoms with Gasteiger partial charge in [0.15, 0.2) is 5.65 Å². The van der Waals surface area contributed by atoms with Crippen LogP contribution in [-0.4, -0.2) is 32.5 Å². The van der Waals surface area contributed by atoms with Crippen molar-refractivity contribution in [3.8, 4) is 0 Å². The topological polar surface area (TPSA) is 70.9 Å². The molecule has 0 spiro atoms. The number of nitrogens with zero attached hydrogens (tertiary/aromatic N) is 4. The number of fused-ring (bicyclic) bond motifs is 1. The van der Waals surface area contributed by atoms with Crippen molar-refractivity contribution in [3.63, 3.8) is 0 Å². The van der Waals surface area contributed by atoms with Gasteiger partial charge in [0.1, 0.15) is 5.52 Å². The summed E-state index contributed by atoms with van der Waals surface area (Å²) in [5, 5.41) is 4.54. The van der Waals surface area contributed by atoms with Crippen molar-refractivity contribution < 1.29 is 4.74 Å². The Morgan fingerprint density at radius 3 is 2.68 bits per heavy atom. The highest BCUT2D eigenvalue weighted by atomic mass is 16.5. The van der Waals surface area contributed by atoms with Gasteiger partial charge in [0, 0.05) is 20.3 Å². The number of nitrogens with two attached hydrogens (primary N) is 1. The third-order valence-electron chi connectivity index (χ3n) is 4.17. The van der Waals surface area contributed by atoms with Crippen molar-refractivity contribution in [3.05, 3.63) is 5.69 Å². The van der Waals surface area contributed by atoms with Crippen LogP contribution in [0.25, 0.3) is 11.2 Å². The Hall–Kier alpha value is -1.56. The fourth-order valence-corrected chi connectivity index (χ4v) is 3.00. The Balaban J connectivity index is 2.22. The minimum Gasteiger partial charge on any atom is -0.381 e. The molecular formula is C13H21N5O. The van der Waals surface area contributed by atoms with Gasteiger partial charge in [-0.1, -0.05) is 6.92 Å². The molecule has 3 rings (SSSR count). The Labute approximate surface area is 112 Å².